The van der Waals surface area contributed by atoms with E-state index in [1.165, 1.54) is 18.2 Å². The van der Waals surface area contributed by atoms with Gasteiger partial charge in [-0.3, -0.25) is 4.79 Å². The average molecular weight is 493 g/mol. The molecule has 6 nitrogen and oxygen atoms in total. The minimum absolute atomic E-state index is 0.0473. The van der Waals surface area contributed by atoms with E-state index in [2.05, 4.69) is 4.99 Å². The van der Waals surface area contributed by atoms with Gasteiger partial charge in [0.05, 0.1) is 18.2 Å². The largest absolute Gasteiger partial charge is 0.416 e. The molecule has 188 valence electrons. The van der Waals surface area contributed by atoms with Crippen molar-refractivity contribution in [3.05, 3.63) is 64.5 Å². The van der Waals surface area contributed by atoms with Crippen LogP contribution in [0.1, 0.15) is 65.2 Å². The van der Waals surface area contributed by atoms with Crippen LogP contribution in [0.3, 0.4) is 0 Å². The van der Waals surface area contributed by atoms with Crippen molar-refractivity contribution in [2.24, 2.45) is 10.7 Å². The molecule has 3 aliphatic rings. The Balaban J connectivity index is 0.000000204. The molecule has 0 bridgehead atoms. The zero-order valence-electron chi connectivity index (χ0n) is 19.2. The minimum atomic E-state index is -4.33. The number of hydrogen-bond donors (Lipinski definition) is 2. The van der Waals surface area contributed by atoms with Crippen LogP contribution >= 0.6 is 0 Å². The molecular weight excluding hydrogens is 464 g/mol. The number of hydrogen-bond acceptors (Lipinski definition) is 5. The Hall–Kier alpha value is -3.14. The fraction of sp³-hybridized carbons (Fsp3) is 0.440. The van der Waals surface area contributed by atoms with Crippen LogP contribution in [0.5, 0.6) is 0 Å². The molecule has 2 aromatic rings. The number of benzene rings is 2. The maximum absolute atomic E-state index is 14.5. The molecule has 3 aliphatic heterocycles. The van der Waals surface area contributed by atoms with Crippen LogP contribution in [0.4, 0.5) is 23.2 Å². The van der Waals surface area contributed by atoms with Crippen LogP contribution in [0.25, 0.3) is 0 Å². The highest BCUT2D eigenvalue weighted by atomic mass is 19.4. The molecule has 3 heterocycles. The number of carbonyl (C=O) groups excluding carboxylic acids is 1. The number of likely N-dealkylation sites (tertiary alicyclic amines) is 1. The fourth-order valence-electron chi connectivity index (χ4n) is 4.78. The first-order valence-corrected chi connectivity index (χ1v) is 11.7. The quantitative estimate of drug-likeness (QED) is 0.593. The highest BCUT2D eigenvalue weighted by Gasteiger charge is 2.35. The molecule has 35 heavy (non-hydrogen) atoms. The van der Waals surface area contributed by atoms with E-state index >= 15 is 0 Å². The van der Waals surface area contributed by atoms with Crippen molar-refractivity contribution < 1.29 is 27.5 Å². The van der Waals surface area contributed by atoms with Crippen molar-refractivity contribution in [1.29, 1.82) is 0 Å². The van der Waals surface area contributed by atoms with Gasteiger partial charge in [0.25, 0.3) is 5.91 Å². The summed E-state index contributed by atoms with van der Waals surface area (Å²) in [6.45, 7) is 1.99. The van der Waals surface area contributed by atoms with E-state index in [1.807, 2.05) is 15.9 Å². The summed E-state index contributed by atoms with van der Waals surface area (Å²) in [5, 5.41) is 8.56. The number of alkyl halides is 3. The lowest BCUT2D eigenvalue weighted by molar-refractivity contribution is -0.137. The van der Waals surface area contributed by atoms with Gasteiger partial charge in [0.2, 0.25) is 0 Å². The number of aliphatic hydroxyl groups is 1. The van der Waals surface area contributed by atoms with Gasteiger partial charge in [-0.1, -0.05) is 12.1 Å². The zero-order valence-corrected chi connectivity index (χ0v) is 19.2. The summed E-state index contributed by atoms with van der Waals surface area (Å²) >= 11 is 0. The molecule has 0 radical (unpaired) electrons. The van der Waals surface area contributed by atoms with Gasteiger partial charge in [0.1, 0.15) is 11.5 Å². The van der Waals surface area contributed by atoms with E-state index in [0.717, 1.165) is 69.4 Å². The summed E-state index contributed by atoms with van der Waals surface area (Å²) in [7, 11) is 0. The average Bonchev–Trinajstić information content (AvgIpc) is 3.36. The van der Waals surface area contributed by atoms with E-state index in [4.69, 9.17) is 10.8 Å². The highest BCUT2D eigenvalue weighted by molar-refractivity contribution is 5.95. The number of amides is 1. The number of halogens is 4. The third-order valence-electron chi connectivity index (χ3n) is 6.55. The van der Waals surface area contributed by atoms with E-state index in [1.54, 1.807) is 0 Å². The van der Waals surface area contributed by atoms with Crippen molar-refractivity contribution in [1.82, 2.24) is 9.80 Å². The molecule has 3 N–H and O–H groups in total. The first kappa shape index (κ1) is 25.0. The number of aliphatic imine (C=N–C) groups is 1. The Labute approximate surface area is 201 Å². The molecule has 2 saturated heterocycles. The molecule has 0 aliphatic carbocycles. The smallest absolute Gasteiger partial charge is 0.392 e. The topological polar surface area (TPSA) is 82.2 Å². The van der Waals surface area contributed by atoms with Gasteiger partial charge in [-0.15, -0.1) is 0 Å². The number of fused-ring (bicyclic) bond motifs is 3. The lowest BCUT2D eigenvalue weighted by Gasteiger charge is -2.32. The predicted molar refractivity (Wildman–Crippen MR) is 123 cm³/mol. The predicted octanol–water partition coefficient (Wildman–Crippen LogP) is 4.75. The van der Waals surface area contributed by atoms with Crippen LogP contribution in [-0.2, 0) is 12.8 Å². The third kappa shape index (κ3) is 5.42. The van der Waals surface area contributed by atoms with Crippen LogP contribution in [0, 0.1) is 5.82 Å². The molecular formula is C25H28F4N4O2. The fourth-order valence-corrected chi connectivity index (χ4v) is 4.78. The van der Waals surface area contributed by atoms with E-state index in [0.29, 0.717) is 17.2 Å². The lowest BCUT2D eigenvalue weighted by Crippen LogP contribution is -2.39. The summed E-state index contributed by atoms with van der Waals surface area (Å²) < 4.78 is 50.6. The van der Waals surface area contributed by atoms with Gasteiger partial charge in [-0.25, -0.2) is 9.38 Å². The molecule has 5 rings (SSSR count). The number of carbonyl (C=O) groups is 1. The number of nitrogens with zero attached hydrogens (tertiary/aromatic N) is 3. The van der Waals surface area contributed by atoms with E-state index in [9.17, 15) is 22.4 Å². The standard InChI is InChI=1S/C17H21FN4O.C8H7F3O/c18-13-10-11(16(23)21-6-2-1-3-7-21)9-12-14-5-4-8-22(14)17(19)20-15(12)13;9-8(10,11)7-3-1-2-6(4-7)5-12/h9-10,14H,1-8H2,(H2,19,20);1-4,12H,5H2. The summed E-state index contributed by atoms with van der Waals surface area (Å²) in [4.78, 5) is 20.7. The molecule has 2 fully saturated rings. The number of aliphatic hydroxyl groups excluding tert-OH is 1. The lowest BCUT2D eigenvalue weighted by atomic mass is 9.97. The van der Waals surface area contributed by atoms with Crippen LogP contribution in [0.15, 0.2) is 41.4 Å². The Bertz CT molecular complexity index is 1110. The SMILES string of the molecule is NC1=Nc2c(F)cc(C(=O)N3CCCCC3)cc2C2CCCN12.OCc1cccc(C(F)(F)F)c1. The van der Waals surface area contributed by atoms with Crippen molar-refractivity contribution in [2.75, 3.05) is 19.6 Å². The van der Waals surface area contributed by atoms with Gasteiger partial charge in [-0.2, -0.15) is 13.2 Å². The first-order chi connectivity index (χ1) is 16.7. The van der Waals surface area contributed by atoms with Gasteiger partial charge in [0.15, 0.2) is 5.96 Å². The Morgan fingerprint density at radius 3 is 2.51 bits per heavy atom. The number of rotatable bonds is 2. The minimum Gasteiger partial charge on any atom is -0.392 e. The van der Waals surface area contributed by atoms with Gasteiger partial charge in [-0.05, 0) is 61.9 Å². The first-order valence-electron chi connectivity index (χ1n) is 11.7. The molecule has 10 heteroatoms. The molecule has 0 spiro atoms. The summed E-state index contributed by atoms with van der Waals surface area (Å²) in [6.07, 6.45) is 0.807. The van der Waals surface area contributed by atoms with Crippen molar-refractivity contribution in [2.45, 2.75) is 50.9 Å². The van der Waals surface area contributed by atoms with Crippen molar-refractivity contribution in [3.63, 3.8) is 0 Å². The van der Waals surface area contributed by atoms with E-state index < -0.39 is 17.6 Å². The molecule has 1 amide bonds. The zero-order chi connectivity index (χ0) is 25.2. The molecule has 1 atom stereocenters. The van der Waals surface area contributed by atoms with Crippen molar-refractivity contribution in [3.8, 4) is 0 Å². The number of guanidine groups is 1. The molecule has 2 aromatic carbocycles. The molecule has 0 aromatic heterocycles. The van der Waals surface area contributed by atoms with Crippen LogP contribution < -0.4 is 5.73 Å². The highest BCUT2D eigenvalue weighted by Crippen LogP contribution is 2.42. The third-order valence-corrected chi connectivity index (χ3v) is 6.55. The van der Waals surface area contributed by atoms with Crippen LogP contribution in [-0.4, -0.2) is 46.4 Å². The van der Waals surface area contributed by atoms with E-state index in [-0.39, 0.29) is 24.1 Å². The van der Waals surface area contributed by atoms with Crippen molar-refractivity contribution >= 4 is 17.6 Å². The maximum Gasteiger partial charge on any atom is 0.416 e. The number of piperidine rings is 1. The summed E-state index contributed by atoms with van der Waals surface area (Å²) in [5.41, 5.74) is 7.04. The maximum atomic E-state index is 14.5. The Morgan fingerprint density at radius 1 is 1.09 bits per heavy atom. The van der Waals surface area contributed by atoms with Crippen LogP contribution in [0.2, 0.25) is 0 Å². The van der Waals surface area contributed by atoms with Gasteiger partial charge in [0, 0.05) is 30.8 Å². The van der Waals surface area contributed by atoms with Gasteiger partial charge >= 0.3 is 6.18 Å². The molecule has 0 saturated carbocycles. The number of nitrogens with two attached hydrogens (primary N) is 1. The normalized spacial score (nSPS) is 19.3. The monoisotopic (exact) mass is 492 g/mol. The second-order valence-corrected chi connectivity index (χ2v) is 8.93. The summed E-state index contributed by atoms with van der Waals surface area (Å²) in [6, 6.07) is 7.81. The second kappa shape index (κ2) is 10.2. The second-order valence-electron chi connectivity index (χ2n) is 8.93. The summed E-state index contributed by atoms with van der Waals surface area (Å²) in [5.74, 6) is -0.134. The Kier molecular flexibility index (Phi) is 7.30. The Morgan fingerprint density at radius 2 is 1.83 bits per heavy atom. The van der Waals surface area contributed by atoms with Gasteiger partial charge < -0.3 is 20.6 Å². The molecule has 1 unspecified atom stereocenters.